The summed E-state index contributed by atoms with van der Waals surface area (Å²) in [6.45, 7) is 8.45. The van der Waals surface area contributed by atoms with Gasteiger partial charge in [-0.05, 0) is 83.6 Å². The van der Waals surface area contributed by atoms with E-state index in [-0.39, 0.29) is 23.7 Å². The van der Waals surface area contributed by atoms with Crippen molar-refractivity contribution in [2.24, 2.45) is 0 Å². The van der Waals surface area contributed by atoms with Gasteiger partial charge in [-0.2, -0.15) is 0 Å². The molecule has 9 rings (SSSR count). The molecule has 4 heteroatoms. The smallest absolute Gasteiger partial charge is 0.399 e. The van der Waals surface area contributed by atoms with Crippen molar-refractivity contribution >= 4 is 44.1 Å². The van der Waals surface area contributed by atoms with E-state index in [1.807, 2.05) is 11.3 Å². The Bertz CT molecular complexity index is 2020. The van der Waals surface area contributed by atoms with Crippen LogP contribution < -0.4 is 5.46 Å². The van der Waals surface area contributed by atoms with E-state index in [1.54, 1.807) is 0 Å². The van der Waals surface area contributed by atoms with Gasteiger partial charge in [0.2, 0.25) is 0 Å². The second-order valence-electron chi connectivity index (χ2n) is 12.7. The Morgan fingerprint density at radius 1 is 0.561 bits per heavy atom. The van der Waals surface area contributed by atoms with Crippen LogP contribution in [-0.2, 0) is 14.7 Å². The molecule has 1 saturated heterocycles. The maximum Gasteiger partial charge on any atom is 0.494 e. The Morgan fingerprint density at radius 2 is 1.12 bits per heavy atom. The lowest BCUT2D eigenvalue weighted by atomic mass is 9.70. The van der Waals surface area contributed by atoms with Crippen molar-refractivity contribution < 1.29 is 9.31 Å². The molecule has 0 N–H and O–H groups in total. The SMILES string of the molecule is CC1(C)OB(c2ccc3sc4c5c(ccc4c3c2)C2(c3ccccc3-c3ccccc32)c2ccccc2-5)OC1(C)C. The molecule has 3 aliphatic rings. The Kier molecular flexibility index (Phi) is 4.54. The van der Waals surface area contributed by atoms with Crippen molar-refractivity contribution in [3.8, 4) is 22.3 Å². The first-order valence-corrected chi connectivity index (χ1v) is 15.3. The number of rotatable bonds is 1. The highest BCUT2D eigenvalue weighted by Gasteiger charge is 2.53. The first-order valence-electron chi connectivity index (χ1n) is 14.5. The third-order valence-corrected chi connectivity index (χ3v) is 11.3. The number of thiophene rings is 1. The van der Waals surface area contributed by atoms with Gasteiger partial charge in [-0.15, -0.1) is 11.3 Å². The van der Waals surface area contributed by atoms with Gasteiger partial charge >= 0.3 is 7.12 Å². The van der Waals surface area contributed by atoms with Crippen LogP contribution >= 0.6 is 11.3 Å². The molecule has 1 aromatic heterocycles. The van der Waals surface area contributed by atoms with Gasteiger partial charge in [0.25, 0.3) is 0 Å². The normalized spacial score (nSPS) is 18.6. The van der Waals surface area contributed by atoms with Crippen LogP contribution in [0.4, 0.5) is 0 Å². The number of hydrogen-bond donors (Lipinski definition) is 0. The Hall–Kier alpha value is -3.70. The van der Waals surface area contributed by atoms with Crippen LogP contribution in [0, 0.1) is 0 Å². The van der Waals surface area contributed by atoms with Crippen molar-refractivity contribution in [2.45, 2.75) is 44.3 Å². The van der Waals surface area contributed by atoms with Crippen molar-refractivity contribution in [1.82, 2.24) is 0 Å². The highest BCUT2D eigenvalue weighted by atomic mass is 32.1. The molecule has 0 radical (unpaired) electrons. The van der Waals surface area contributed by atoms with E-state index < -0.39 is 0 Å². The van der Waals surface area contributed by atoms with E-state index in [2.05, 4.69) is 131 Å². The van der Waals surface area contributed by atoms with E-state index in [0.717, 1.165) is 5.46 Å². The average Bonchev–Trinajstić information content (AvgIpc) is 3.65. The van der Waals surface area contributed by atoms with Gasteiger partial charge in [0.1, 0.15) is 0 Å². The lowest BCUT2D eigenvalue weighted by Gasteiger charge is -2.32. The van der Waals surface area contributed by atoms with E-state index in [9.17, 15) is 0 Å². The number of hydrogen-bond acceptors (Lipinski definition) is 3. The standard InChI is InChI=1S/C37H29BO2S/c1-35(2)36(3,4)40-38(39-35)22-17-20-32-27(21-22)25-18-19-31-33(34(25)41-32)26-13-7-10-16-30(26)37(31)28-14-8-5-11-23(28)24-12-6-9-15-29(24)37/h5-21H,1-4H3. The van der Waals surface area contributed by atoms with Gasteiger partial charge in [0.05, 0.1) is 16.6 Å². The lowest BCUT2D eigenvalue weighted by molar-refractivity contribution is 0.00578. The fourth-order valence-electron chi connectivity index (χ4n) is 7.55. The van der Waals surface area contributed by atoms with Gasteiger partial charge in [-0.3, -0.25) is 0 Å². The summed E-state index contributed by atoms with van der Waals surface area (Å²) in [5.41, 5.74) is 11.0. The van der Waals surface area contributed by atoms with E-state index in [1.165, 1.54) is 64.7 Å². The van der Waals surface area contributed by atoms with Crippen molar-refractivity contribution in [1.29, 1.82) is 0 Å². The summed E-state index contributed by atoms with van der Waals surface area (Å²) >= 11 is 1.90. The first-order chi connectivity index (χ1) is 19.8. The molecule has 2 nitrogen and oxygen atoms in total. The third-order valence-electron chi connectivity index (χ3n) is 10.1. The molecule has 5 aromatic carbocycles. The molecule has 1 fully saturated rings. The second-order valence-corrected chi connectivity index (χ2v) is 13.7. The predicted octanol–water partition coefficient (Wildman–Crippen LogP) is 8.70. The fourth-order valence-corrected chi connectivity index (χ4v) is 8.80. The lowest BCUT2D eigenvalue weighted by Crippen LogP contribution is -2.41. The van der Waals surface area contributed by atoms with Crippen LogP contribution in [0.3, 0.4) is 0 Å². The van der Waals surface area contributed by atoms with E-state index in [4.69, 9.17) is 9.31 Å². The summed E-state index contributed by atoms with van der Waals surface area (Å²) < 4.78 is 15.5. The maximum atomic E-state index is 6.42. The van der Waals surface area contributed by atoms with Crippen molar-refractivity contribution in [2.75, 3.05) is 0 Å². The quantitative estimate of drug-likeness (QED) is 0.191. The fraction of sp³-hybridized carbons (Fsp3) is 0.189. The van der Waals surface area contributed by atoms with Crippen LogP contribution in [0.1, 0.15) is 49.9 Å². The van der Waals surface area contributed by atoms with Gasteiger partial charge in [-0.25, -0.2) is 0 Å². The number of benzene rings is 5. The van der Waals surface area contributed by atoms with E-state index in [0.29, 0.717) is 0 Å². The molecule has 41 heavy (non-hydrogen) atoms. The summed E-state index contributed by atoms with van der Waals surface area (Å²) in [6.07, 6.45) is 0. The largest absolute Gasteiger partial charge is 0.494 e. The van der Waals surface area contributed by atoms with Crippen LogP contribution in [0.15, 0.2) is 103 Å². The highest BCUT2D eigenvalue weighted by molar-refractivity contribution is 7.26. The molecule has 2 heterocycles. The summed E-state index contributed by atoms with van der Waals surface area (Å²) in [5, 5.41) is 2.57. The van der Waals surface area contributed by atoms with Gasteiger partial charge in [0.15, 0.2) is 0 Å². The minimum absolute atomic E-state index is 0.308. The average molecular weight is 549 g/mol. The molecular formula is C37H29BO2S. The minimum atomic E-state index is -0.371. The first kappa shape index (κ1) is 24.0. The second kappa shape index (κ2) is 7.77. The molecule has 6 aromatic rings. The predicted molar refractivity (Wildman–Crippen MR) is 171 cm³/mol. The van der Waals surface area contributed by atoms with Gasteiger partial charge in [0, 0.05) is 20.3 Å². The zero-order valence-corrected chi connectivity index (χ0v) is 24.4. The monoisotopic (exact) mass is 548 g/mol. The van der Waals surface area contributed by atoms with Crippen LogP contribution in [0.2, 0.25) is 0 Å². The molecule has 1 spiro atoms. The van der Waals surface area contributed by atoms with Gasteiger partial charge in [-0.1, -0.05) is 97.1 Å². The Balaban J connectivity index is 1.32. The molecule has 198 valence electrons. The van der Waals surface area contributed by atoms with Crippen molar-refractivity contribution in [3.05, 3.63) is 125 Å². The van der Waals surface area contributed by atoms with Crippen LogP contribution in [0.5, 0.6) is 0 Å². The maximum absolute atomic E-state index is 6.42. The van der Waals surface area contributed by atoms with Gasteiger partial charge < -0.3 is 9.31 Å². The highest BCUT2D eigenvalue weighted by Crippen LogP contribution is 2.64. The summed E-state index contributed by atoms with van der Waals surface area (Å²) in [4.78, 5) is 0. The molecule has 0 unspecified atom stereocenters. The summed E-state index contributed by atoms with van der Waals surface area (Å²) in [5.74, 6) is 0. The topological polar surface area (TPSA) is 18.5 Å². The zero-order chi connectivity index (χ0) is 27.7. The van der Waals surface area contributed by atoms with Crippen LogP contribution in [0.25, 0.3) is 42.4 Å². The van der Waals surface area contributed by atoms with Crippen molar-refractivity contribution in [3.63, 3.8) is 0 Å². The molecule has 0 amide bonds. The summed E-state index contributed by atoms with van der Waals surface area (Å²) in [7, 11) is -0.371. The molecular weight excluding hydrogens is 519 g/mol. The van der Waals surface area contributed by atoms with Crippen LogP contribution in [-0.4, -0.2) is 18.3 Å². The number of fused-ring (bicyclic) bond motifs is 14. The third kappa shape index (κ3) is 2.86. The minimum Gasteiger partial charge on any atom is -0.399 e. The molecule has 1 aliphatic heterocycles. The molecule has 0 saturated carbocycles. The van der Waals surface area contributed by atoms with E-state index >= 15 is 0 Å². The Labute approximate surface area is 244 Å². The molecule has 0 bridgehead atoms. The molecule has 0 atom stereocenters. The zero-order valence-electron chi connectivity index (χ0n) is 23.6. The summed E-state index contributed by atoms with van der Waals surface area (Å²) in [6, 6.07) is 38.6. The Morgan fingerprint density at radius 3 is 1.76 bits per heavy atom. The molecule has 2 aliphatic carbocycles.